The van der Waals surface area contributed by atoms with Gasteiger partial charge in [-0.3, -0.25) is 4.79 Å². The van der Waals surface area contributed by atoms with Crippen LogP contribution in [0.3, 0.4) is 0 Å². The van der Waals surface area contributed by atoms with Crippen LogP contribution in [-0.4, -0.2) is 54.0 Å². The molecule has 2 aliphatic heterocycles. The average Bonchev–Trinajstić information content (AvgIpc) is 2.46. The van der Waals surface area contributed by atoms with Crippen LogP contribution >= 0.6 is 0 Å². The third kappa shape index (κ3) is 2.33. The Hall–Kier alpha value is -1.89. The molecular weight excluding hydrogens is 246 g/mol. The van der Waals surface area contributed by atoms with Crippen LogP contribution in [0.5, 0.6) is 0 Å². The number of amides is 1. The minimum absolute atomic E-state index is 0.284. The number of aromatic nitrogens is 2. The lowest BCUT2D eigenvalue weighted by atomic mass is 10.1. The molecule has 0 saturated carbocycles. The van der Waals surface area contributed by atoms with E-state index in [1.54, 1.807) is 4.90 Å². The Morgan fingerprint density at radius 2 is 2.00 bits per heavy atom. The minimum Gasteiger partial charge on any atom is -0.353 e. The lowest BCUT2D eigenvalue weighted by Gasteiger charge is -2.35. The van der Waals surface area contributed by atoms with Crippen molar-refractivity contribution in [1.29, 1.82) is 0 Å². The summed E-state index contributed by atoms with van der Waals surface area (Å²) in [5, 5.41) is 3.30. The van der Waals surface area contributed by atoms with E-state index in [4.69, 9.17) is 0 Å². The van der Waals surface area contributed by atoms with Gasteiger partial charge in [0.2, 0.25) is 6.41 Å². The monoisotopic (exact) mass is 263 g/mol. The van der Waals surface area contributed by atoms with Gasteiger partial charge in [0.15, 0.2) is 0 Å². The molecule has 0 atom stereocenters. The van der Waals surface area contributed by atoms with Crippen LogP contribution in [0.1, 0.15) is 11.3 Å². The number of carbonyl (C=O) groups is 1. The second-order valence-corrected chi connectivity index (χ2v) is 4.88. The Morgan fingerprint density at radius 3 is 2.74 bits per heavy atom. The molecule has 7 nitrogen and oxygen atoms in total. The summed E-state index contributed by atoms with van der Waals surface area (Å²) in [5.41, 5.74) is 1.80. The zero-order valence-corrected chi connectivity index (χ0v) is 10.7. The SMILES string of the molecule is O=CN1CCN(c2nc(=O)[nH]c3c2CNCC3)CC1. The summed E-state index contributed by atoms with van der Waals surface area (Å²) in [7, 11) is 0. The maximum atomic E-state index is 11.6. The first kappa shape index (κ1) is 12.2. The predicted octanol–water partition coefficient (Wildman–Crippen LogP) is -1.31. The topological polar surface area (TPSA) is 81.3 Å². The van der Waals surface area contributed by atoms with E-state index in [0.29, 0.717) is 13.1 Å². The summed E-state index contributed by atoms with van der Waals surface area (Å²) in [4.78, 5) is 33.2. The van der Waals surface area contributed by atoms with Gasteiger partial charge in [-0.1, -0.05) is 0 Å². The number of H-pyrrole nitrogens is 1. The number of fused-ring (bicyclic) bond motifs is 1. The zero-order chi connectivity index (χ0) is 13.2. The van der Waals surface area contributed by atoms with Crippen LogP contribution in [0.4, 0.5) is 5.82 Å². The zero-order valence-electron chi connectivity index (χ0n) is 10.7. The van der Waals surface area contributed by atoms with Crippen molar-refractivity contribution < 1.29 is 4.79 Å². The van der Waals surface area contributed by atoms with Gasteiger partial charge in [0.25, 0.3) is 0 Å². The Bertz CT molecular complexity index is 533. The van der Waals surface area contributed by atoms with E-state index in [1.807, 2.05) is 0 Å². The van der Waals surface area contributed by atoms with Crippen LogP contribution < -0.4 is 15.9 Å². The molecular formula is C12H17N5O2. The standard InChI is InChI=1S/C12H17N5O2/c18-8-16-3-5-17(6-4-16)11-9-7-13-2-1-10(9)14-12(19)15-11/h8,13H,1-7H2,(H,14,15,19). The molecule has 19 heavy (non-hydrogen) atoms. The summed E-state index contributed by atoms with van der Waals surface area (Å²) < 4.78 is 0. The molecule has 2 aliphatic rings. The van der Waals surface area contributed by atoms with Crippen molar-refractivity contribution in [2.45, 2.75) is 13.0 Å². The van der Waals surface area contributed by atoms with Crippen molar-refractivity contribution in [2.24, 2.45) is 0 Å². The van der Waals surface area contributed by atoms with Crippen LogP contribution in [-0.2, 0) is 17.8 Å². The number of aromatic amines is 1. The molecule has 1 saturated heterocycles. The Labute approximate surface area is 110 Å². The number of nitrogens with one attached hydrogen (secondary N) is 2. The highest BCUT2D eigenvalue weighted by Crippen LogP contribution is 2.22. The van der Waals surface area contributed by atoms with E-state index in [0.717, 1.165) is 56.1 Å². The van der Waals surface area contributed by atoms with Crippen molar-refractivity contribution in [1.82, 2.24) is 20.2 Å². The van der Waals surface area contributed by atoms with Crippen LogP contribution in [0.2, 0.25) is 0 Å². The molecule has 0 spiro atoms. The number of carbonyl (C=O) groups excluding carboxylic acids is 1. The smallest absolute Gasteiger partial charge is 0.347 e. The molecule has 0 radical (unpaired) electrons. The third-order valence-electron chi connectivity index (χ3n) is 3.72. The lowest BCUT2D eigenvalue weighted by Crippen LogP contribution is -2.47. The minimum atomic E-state index is -0.284. The summed E-state index contributed by atoms with van der Waals surface area (Å²) >= 11 is 0. The van der Waals surface area contributed by atoms with Crippen LogP contribution in [0, 0.1) is 0 Å². The summed E-state index contributed by atoms with van der Waals surface area (Å²) in [6.07, 6.45) is 1.70. The first-order valence-corrected chi connectivity index (χ1v) is 6.55. The molecule has 2 N–H and O–H groups in total. The summed E-state index contributed by atoms with van der Waals surface area (Å²) in [5.74, 6) is 0.775. The Kier molecular flexibility index (Phi) is 3.20. The Balaban J connectivity index is 1.90. The summed E-state index contributed by atoms with van der Waals surface area (Å²) in [6, 6.07) is 0. The first-order valence-electron chi connectivity index (χ1n) is 6.55. The fraction of sp³-hybridized carbons (Fsp3) is 0.583. The number of hydrogen-bond donors (Lipinski definition) is 2. The van der Waals surface area contributed by atoms with Gasteiger partial charge < -0.3 is 20.1 Å². The van der Waals surface area contributed by atoms with Gasteiger partial charge in [0, 0.05) is 56.9 Å². The maximum absolute atomic E-state index is 11.6. The van der Waals surface area contributed by atoms with Crippen molar-refractivity contribution in [2.75, 3.05) is 37.6 Å². The van der Waals surface area contributed by atoms with E-state index in [-0.39, 0.29) is 5.69 Å². The lowest BCUT2D eigenvalue weighted by molar-refractivity contribution is -0.118. The predicted molar refractivity (Wildman–Crippen MR) is 70.1 cm³/mol. The van der Waals surface area contributed by atoms with Crippen LogP contribution in [0.15, 0.2) is 4.79 Å². The molecule has 1 fully saturated rings. The highest BCUT2D eigenvalue weighted by Gasteiger charge is 2.23. The molecule has 1 amide bonds. The van der Waals surface area contributed by atoms with Crippen molar-refractivity contribution >= 4 is 12.2 Å². The van der Waals surface area contributed by atoms with Gasteiger partial charge in [0.05, 0.1) is 0 Å². The molecule has 0 aromatic carbocycles. The second kappa shape index (κ2) is 5.00. The van der Waals surface area contributed by atoms with Crippen molar-refractivity contribution in [3.8, 4) is 0 Å². The third-order valence-corrected chi connectivity index (χ3v) is 3.72. The molecule has 3 heterocycles. The van der Waals surface area contributed by atoms with E-state index in [2.05, 4.69) is 20.2 Å². The van der Waals surface area contributed by atoms with Gasteiger partial charge >= 0.3 is 5.69 Å². The van der Waals surface area contributed by atoms with Crippen LogP contribution in [0.25, 0.3) is 0 Å². The highest BCUT2D eigenvalue weighted by atomic mass is 16.1. The number of hydrogen-bond acceptors (Lipinski definition) is 5. The Morgan fingerprint density at radius 1 is 1.21 bits per heavy atom. The first-order chi connectivity index (χ1) is 9.28. The summed E-state index contributed by atoms with van der Waals surface area (Å²) in [6.45, 7) is 4.43. The number of piperazine rings is 1. The van der Waals surface area contributed by atoms with Crippen molar-refractivity contribution in [3.63, 3.8) is 0 Å². The number of nitrogens with zero attached hydrogens (tertiary/aromatic N) is 3. The molecule has 0 unspecified atom stereocenters. The molecule has 1 aromatic rings. The second-order valence-electron chi connectivity index (χ2n) is 4.88. The van der Waals surface area contributed by atoms with E-state index in [1.165, 1.54) is 0 Å². The van der Waals surface area contributed by atoms with Crippen molar-refractivity contribution in [3.05, 3.63) is 21.7 Å². The maximum Gasteiger partial charge on any atom is 0.347 e. The molecule has 0 bridgehead atoms. The molecule has 0 aliphatic carbocycles. The van der Waals surface area contributed by atoms with E-state index in [9.17, 15) is 9.59 Å². The fourth-order valence-electron chi connectivity index (χ4n) is 2.66. The quantitative estimate of drug-likeness (QED) is 0.648. The van der Waals surface area contributed by atoms with Gasteiger partial charge in [-0.15, -0.1) is 0 Å². The molecule has 7 heteroatoms. The average molecular weight is 263 g/mol. The van der Waals surface area contributed by atoms with Gasteiger partial charge in [-0.05, 0) is 0 Å². The molecule has 1 aromatic heterocycles. The number of anilines is 1. The normalized spacial score (nSPS) is 19.2. The molecule has 3 rings (SSSR count). The van der Waals surface area contributed by atoms with E-state index < -0.39 is 0 Å². The highest BCUT2D eigenvalue weighted by molar-refractivity contribution is 5.52. The van der Waals surface area contributed by atoms with E-state index >= 15 is 0 Å². The van der Waals surface area contributed by atoms with Gasteiger partial charge in [-0.25, -0.2) is 4.79 Å². The molecule has 102 valence electrons. The van der Waals surface area contributed by atoms with Gasteiger partial charge in [0.1, 0.15) is 5.82 Å². The van der Waals surface area contributed by atoms with Gasteiger partial charge in [-0.2, -0.15) is 4.98 Å². The fourth-order valence-corrected chi connectivity index (χ4v) is 2.66. The number of rotatable bonds is 2. The largest absolute Gasteiger partial charge is 0.353 e.